The third-order valence-electron chi connectivity index (χ3n) is 5.79. The number of aryl methyl sites for hydroxylation is 2. The van der Waals surface area contributed by atoms with Gasteiger partial charge in [-0.3, -0.25) is 0 Å². The maximum Gasteiger partial charge on any atom is 0.148 e. The molecule has 166 valence electrons. The summed E-state index contributed by atoms with van der Waals surface area (Å²) < 4.78 is 14.5. The molecule has 0 spiro atoms. The van der Waals surface area contributed by atoms with Crippen LogP contribution in [-0.2, 0) is 18.6 Å². The number of rotatable bonds is 7. The topological polar surface area (TPSA) is 36.3 Å². The monoisotopic (exact) mass is 428 g/mol. The summed E-state index contributed by atoms with van der Waals surface area (Å²) in [4.78, 5) is 4.83. The average molecular weight is 429 g/mol. The van der Waals surface area contributed by atoms with E-state index in [1.54, 1.807) is 0 Å². The minimum atomic E-state index is 0.127. The molecule has 0 N–H and O–H groups in total. The zero-order chi connectivity index (χ0) is 22.7. The van der Waals surface area contributed by atoms with Crippen LogP contribution in [0.4, 0.5) is 0 Å². The lowest BCUT2D eigenvalue weighted by Gasteiger charge is -2.19. The van der Waals surface area contributed by atoms with Crippen LogP contribution in [0.1, 0.15) is 43.3 Å². The van der Waals surface area contributed by atoms with Gasteiger partial charge in [-0.25, -0.2) is 4.98 Å². The number of hydrogen-bond acceptors (Lipinski definition) is 3. The first kappa shape index (κ1) is 21.9. The molecule has 4 aromatic rings. The summed E-state index contributed by atoms with van der Waals surface area (Å²) in [6, 6.07) is 22.8. The summed E-state index contributed by atoms with van der Waals surface area (Å²) in [7, 11) is 0. The second-order valence-corrected chi connectivity index (χ2v) is 9.30. The molecule has 0 amide bonds. The molecule has 0 bridgehead atoms. The molecule has 0 fully saturated rings. The molecule has 0 saturated carbocycles. The summed E-state index contributed by atoms with van der Waals surface area (Å²) in [5.74, 6) is 2.72. The van der Waals surface area contributed by atoms with Crippen LogP contribution in [0.15, 0.2) is 66.7 Å². The molecule has 0 atom stereocenters. The Kier molecular flexibility index (Phi) is 6.22. The van der Waals surface area contributed by atoms with Crippen molar-refractivity contribution in [3.8, 4) is 11.5 Å². The highest BCUT2D eigenvalue weighted by molar-refractivity contribution is 5.75. The van der Waals surface area contributed by atoms with Gasteiger partial charge in [0, 0.05) is 0 Å². The van der Waals surface area contributed by atoms with Crippen molar-refractivity contribution < 1.29 is 9.47 Å². The van der Waals surface area contributed by atoms with E-state index in [4.69, 9.17) is 14.5 Å². The van der Waals surface area contributed by atoms with Crippen molar-refractivity contribution in [2.24, 2.45) is 0 Å². The predicted molar refractivity (Wildman–Crippen MR) is 131 cm³/mol. The van der Waals surface area contributed by atoms with Crippen molar-refractivity contribution in [2.45, 2.75) is 53.2 Å². The fourth-order valence-electron chi connectivity index (χ4n) is 3.95. The fourth-order valence-corrected chi connectivity index (χ4v) is 3.95. The molecule has 4 rings (SSSR count). The van der Waals surface area contributed by atoms with E-state index >= 15 is 0 Å². The van der Waals surface area contributed by atoms with Gasteiger partial charge < -0.3 is 14.0 Å². The molecule has 0 radical (unpaired) electrons. The average Bonchev–Trinajstić information content (AvgIpc) is 3.11. The Hall–Kier alpha value is -3.27. The van der Waals surface area contributed by atoms with Crippen molar-refractivity contribution >= 4 is 11.0 Å². The molecule has 0 aliphatic carbocycles. The smallest absolute Gasteiger partial charge is 0.148 e. The van der Waals surface area contributed by atoms with Crippen LogP contribution in [-0.4, -0.2) is 16.2 Å². The van der Waals surface area contributed by atoms with E-state index in [9.17, 15) is 0 Å². The molecule has 4 heteroatoms. The number of para-hydroxylation sites is 3. The molecule has 0 unspecified atom stereocenters. The zero-order valence-corrected chi connectivity index (χ0v) is 19.7. The van der Waals surface area contributed by atoms with Gasteiger partial charge in [0.2, 0.25) is 0 Å². The van der Waals surface area contributed by atoms with E-state index in [2.05, 4.69) is 75.6 Å². The van der Waals surface area contributed by atoms with Crippen LogP contribution < -0.4 is 9.47 Å². The van der Waals surface area contributed by atoms with Crippen molar-refractivity contribution in [1.82, 2.24) is 9.55 Å². The lowest BCUT2D eigenvalue weighted by Crippen LogP contribution is -2.14. The highest BCUT2D eigenvalue weighted by atomic mass is 16.5. The van der Waals surface area contributed by atoms with Crippen molar-refractivity contribution in [3.63, 3.8) is 0 Å². The van der Waals surface area contributed by atoms with Gasteiger partial charge >= 0.3 is 0 Å². The van der Waals surface area contributed by atoms with Crippen LogP contribution in [0.3, 0.4) is 0 Å². The maximum atomic E-state index is 6.16. The van der Waals surface area contributed by atoms with Crippen LogP contribution in [0.25, 0.3) is 11.0 Å². The Labute approximate surface area is 190 Å². The number of imidazole rings is 1. The second-order valence-electron chi connectivity index (χ2n) is 9.30. The standard InChI is InChI=1S/C28H32N2O2/c1-20-9-8-10-21(2)27(20)31-18-17-30-25-12-7-6-11-24(25)29-26(30)19-32-23-15-13-22(14-16-23)28(3,4)5/h6-16H,17-19H2,1-5H3. The summed E-state index contributed by atoms with van der Waals surface area (Å²) in [5, 5.41) is 0. The number of benzene rings is 3. The van der Waals surface area contributed by atoms with E-state index in [1.165, 1.54) is 5.56 Å². The number of ether oxygens (including phenoxy) is 2. The molecular weight excluding hydrogens is 396 g/mol. The van der Waals surface area contributed by atoms with Crippen molar-refractivity contribution in [1.29, 1.82) is 0 Å². The summed E-state index contributed by atoms with van der Waals surface area (Å²) in [6.45, 7) is 12.5. The first-order valence-electron chi connectivity index (χ1n) is 11.2. The molecule has 0 aliphatic heterocycles. The number of aromatic nitrogens is 2. The van der Waals surface area contributed by atoms with Gasteiger partial charge in [-0.2, -0.15) is 0 Å². The van der Waals surface area contributed by atoms with Gasteiger partial charge in [0.25, 0.3) is 0 Å². The molecule has 32 heavy (non-hydrogen) atoms. The summed E-state index contributed by atoms with van der Waals surface area (Å²) in [5.41, 5.74) is 5.80. The molecule has 4 nitrogen and oxygen atoms in total. The molecule has 0 saturated heterocycles. The highest BCUT2D eigenvalue weighted by Gasteiger charge is 2.14. The van der Waals surface area contributed by atoms with Crippen LogP contribution in [0.2, 0.25) is 0 Å². The Morgan fingerprint density at radius 3 is 2.19 bits per heavy atom. The number of hydrogen-bond donors (Lipinski definition) is 0. The van der Waals surface area contributed by atoms with Gasteiger partial charge in [-0.05, 0) is 60.2 Å². The third kappa shape index (κ3) is 4.80. The van der Waals surface area contributed by atoms with E-state index in [0.29, 0.717) is 19.8 Å². The lowest BCUT2D eigenvalue weighted by molar-refractivity contribution is 0.271. The Balaban J connectivity index is 1.50. The minimum absolute atomic E-state index is 0.127. The quantitative estimate of drug-likeness (QED) is 0.332. The zero-order valence-electron chi connectivity index (χ0n) is 19.7. The SMILES string of the molecule is Cc1cccc(C)c1OCCn1c(COc2ccc(C(C)(C)C)cc2)nc2ccccc21. The molecule has 1 aromatic heterocycles. The van der Waals surface area contributed by atoms with Gasteiger partial charge in [-0.15, -0.1) is 0 Å². The normalized spacial score (nSPS) is 11.7. The minimum Gasteiger partial charge on any atom is -0.491 e. The Morgan fingerprint density at radius 2 is 1.50 bits per heavy atom. The van der Waals surface area contributed by atoms with Gasteiger partial charge in [0.1, 0.15) is 30.5 Å². The van der Waals surface area contributed by atoms with E-state index in [0.717, 1.165) is 39.5 Å². The Morgan fingerprint density at radius 1 is 0.812 bits per heavy atom. The van der Waals surface area contributed by atoms with Crippen LogP contribution >= 0.6 is 0 Å². The summed E-state index contributed by atoms with van der Waals surface area (Å²) >= 11 is 0. The first-order valence-corrected chi connectivity index (χ1v) is 11.2. The molecule has 3 aromatic carbocycles. The maximum absolute atomic E-state index is 6.16. The number of fused-ring (bicyclic) bond motifs is 1. The van der Waals surface area contributed by atoms with Gasteiger partial charge in [0.15, 0.2) is 0 Å². The van der Waals surface area contributed by atoms with Gasteiger partial charge in [-0.1, -0.05) is 63.2 Å². The molecule has 1 heterocycles. The molecular formula is C28H32N2O2. The molecule has 0 aliphatic rings. The van der Waals surface area contributed by atoms with Crippen molar-refractivity contribution in [2.75, 3.05) is 6.61 Å². The fraction of sp³-hybridized carbons (Fsp3) is 0.321. The second kappa shape index (κ2) is 9.07. The van der Waals surface area contributed by atoms with E-state index in [-0.39, 0.29) is 5.41 Å². The summed E-state index contributed by atoms with van der Waals surface area (Å²) in [6.07, 6.45) is 0. The predicted octanol–water partition coefficient (Wildman–Crippen LogP) is 6.61. The third-order valence-corrected chi connectivity index (χ3v) is 5.79. The van der Waals surface area contributed by atoms with Crippen LogP contribution in [0.5, 0.6) is 11.5 Å². The van der Waals surface area contributed by atoms with E-state index in [1.807, 2.05) is 30.3 Å². The highest BCUT2D eigenvalue weighted by Crippen LogP contribution is 2.26. The Bertz CT molecular complexity index is 1180. The lowest BCUT2D eigenvalue weighted by atomic mass is 9.87. The van der Waals surface area contributed by atoms with Crippen molar-refractivity contribution in [3.05, 3.63) is 89.2 Å². The largest absolute Gasteiger partial charge is 0.491 e. The van der Waals surface area contributed by atoms with E-state index < -0.39 is 0 Å². The first-order chi connectivity index (χ1) is 15.3. The van der Waals surface area contributed by atoms with Gasteiger partial charge in [0.05, 0.1) is 17.6 Å². The number of nitrogens with zero attached hydrogens (tertiary/aromatic N) is 2. The van der Waals surface area contributed by atoms with Crippen LogP contribution in [0, 0.1) is 13.8 Å².